The molecular weight excluding hydrogens is 297 g/mol. The molecule has 8 heteroatoms. The van der Waals surface area contributed by atoms with Gasteiger partial charge >= 0.3 is 0 Å². The third-order valence-corrected chi connectivity index (χ3v) is 4.77. The van der Waals surface area contributed by atoms with E-state index in [0.717, 1.165) is 6.26 Å². The Labute approximate surface area is 121 Å². The Bertz CT molecular complexity index is 782. The maximum Gasteiger partial charge on any atom is 0.232 e. The molecule has 21 heavy (non-hydrogen) atoms. The van der Waals surface area contributed by atoms with Gasteiger partial charge in [-0.15, -0.1) is 0 Å². The first-order valence-corrected chi connectivity index (χ1v) is 8.24. The molecule has 1 aromatic heterocycles. The van der Waals surface area contributed by atoms with Gasteiger partial charge in [0.15, 0.2) is 0 Å². The van der Waals surface area contributed by atoms with Gasteiger partial charge in [-0.3, -0.25) is 0 Å². The van der Waals surface area contributed by atoms with Crippen molar-refractivity contribution in [2.75, 3.05) is 19.3 Å². The molecule has 1 fully saturated rings. The summed E-state index contributed by atoms with van der Waals surface area (Å²) in [6.45, 7) is 2.35. The van der Waals surface area contributed by atoms with Crippen molar-refractivity contribution in [3.8, 4) is 11.4 Å². The lowest BCUT2D eigenvalue weighted by molar-refractivity contribution is 0.218. The average Bonchev–Trinajstić information content (AvgIpc) is 2.78. The van der Waals surface area contributed by atoms with E-state index < -0.39 is 10.0 Å². The van der Waals surface area contributed by atoms with E-state index in [0.29, 0.717) is 35.9 Å². The summed E-state index contributed by atoms with van der Waals surface area (Å²) >= 11 is 0. The molecule has 112 valence electrons. The highest BCUT2D eigenvalue weighted by Crippen LogP contribution is 2.29. The Kier molecular flexibility index (Phi) is 3.29. The molecule has 0 amide bonds. The van der Waals surface area contributed by atoms with Gasteiger partial charge in [-0.2, -0.15) is 4.98 Å². The average molecular weight is 311 g/mol. The lowest BCUT2D eigenvalue weighted by Crippen LogP contribution is -2.47. The monoisotopic (exact) mass is 311 g/mol. The number of nitrogens with zero attached hydrogens (tertiary/aromatic N) is 3. The summed E-state index contributed by atoms with van der Waals surface area (Å²) in [6, 6.07) is 4.72. The van der Waals surface area contributed by atoms with E-state index >= 15 is 0 Å². The topological polar surface area (TPSA) is 76.3 Å². The molecule has 0 radical (unpaired) electrons. The fourth-order valence-electron chi connectivity index (χ4n) is 2.12. The fourth-order valence-corrected chi connectivity index (χ4v) is 3.02. The maximum absolute atomic E-state index is 13.5. The summed E-state index contributed by atoms with van der Waals surface area (Å²) in [6.07, 6.45) is 1.16. The van der Waals surface area contributed by atoms with Crippen LogP contribution >= 0.6 is 0 Å². The minimum Gasteiger partial charge on any atom is -0.339 e. The second-order valence-corrected chi connectivity index (χ2v) is 7.18. The van der Waals surface area contributed by atoms with Gasteiger partial charge in [-0.1, -0.05) is 17.3 Å². The van der Waals surface area contributed by atoms with E-state index in [-0.39, 0.29) is 11.7 Å². The highest BCUT2D eigenvalue weighted by Gasteiger charge is 2.37. The molecule has 1 saturated heterocycles. The summed E-state index contributed by atoms with van der Waals surface area (Å²) in [4.78, 5) is 4.22. The Morgan fingerprint density at radius 1 is 1.38 bits per heavy atom. The van der Waals surface area contributed by atoms with Gasteiger partial charge in [0.25, 0.3) is 0 Å². The molecule has 0 atom stereocenters. The molecule has 0 saturated carbocycles. The number of hydrogen-bond donors (Lipinski definition) is 0. The summed E-state index contributed by atoms with van der Waals surface area (Å²) in [7, 11) is -3.17. The van der Waals surface area contributed by atoms with E-state index in [1.165, 1.54) is 10.4 Å². The zero-order valence-electron chi connectivity index (χ0n) is 11.6. The van der Waals surface area contributed by atoms with Crippen LogP contribution in [0.2, 0.25) is 0 Å². The number of sulfonamides is 1. The van der Waals surface area contributed by atoms with Crippen LogP contribution in [0.4, 0.5) is 4.39 Å². The first-order chi connectivity index (χ1) is 9.84. The lowest BCUT2D eigenvalue weighted by atomic mass is 10.0. The van der Waals surface area contributed by atoms with Crippen LogP contribution in [-0.2, 0) is 10.0 Å². The zero-order valence-corrected chi connectivity index (χ0v) is 12.4. The number of aryl methyl sites for hydroxylation is 1. The molecule has 0 spiro atoms. The second-order valence-electron chi connectivity index (χ2n) is 5.20. The fraction of sp³-hybridized carbons (Fsp3) is 0.385. The summed E-state index contributed by atoms with van der Waals surface area (Å²) < 4.78 is 42.6. The summed E-state index contributed by atoms with van der Waals surface area (Å²) in [5, 5.41) is 3.83. The predicted octanol–water partition coefficient (Wildman–Crippen LogP) is 1.54. The highest BCUT2D eigenvalue weighted by atomic mass is 32.2. The van der Waals surface area contributed by atoms with E-state index in [4.69, 9.17) is 4.52 Å². The molecule has 1 aliphatic rings. The second kappa shape index (κ2) is 4.88. The highest BCUT2D eigenvalue weighted by molar-refractivity contribution is 7.88. The molecule has 0 N–H and O–H groups in total. The number of halogens is 1. The molecule has 1 aliphatic heterocycles. The van der Waals surface area contributed by atoms with Gasteiger partial charge in [0.05, 0.1) is 12.2 Å². The first-order valence-electron chi connectivity index (χ1n) is 6.40. The van der Waals surface area contributed by atoms with Gasteiger partial charge < -0.3 is 4.52 Å². The van der Waals surface area contributed by atoms with Crippen molar-refractivity contribution in [3.05, 3.63) is 35.5 Å². The Morgan fingerprint density at radius 3 is 2.71 bits per heavy atom. The Hall–Kier alpha value is -1.80. The number of rotatable bonds is 3. The largest absolute Gasteiger partial charge is 0.339 e. The molecule has 1 aromatic carbocycles. The van der Waals surface area contributed by atoms with Gasteiger partial charge in [0, 0.05) is 18.7 Å². The third-order valence-electron chi connectivity index (χ3n) is 3.54. The SMILES string of the molecule is Cc1ccc(-c2noc(C3CN(S(C)(=O)=O)C3)n2)cc1F. The first kappa shape index (κ1) is 14.2. The molecule has 0 aliphatic carbocycles. The minimum absolute atomic E-state index is 0.101. The molecule has 0 unspecified atom stereocenters. The standard InChI is InChI=1S/C13H14FN3O3S/c1-8-3-4-9(5-11(8)14)12-15-13(20-16-12)10-6-17(7-10)21(2,18)19/h3-5,10H,6-7H2,1-2H3. The van der Waals surface area contributed by atoms with E-state index in [1.54, 1.807) is 19.1 Å². The van der Waals surface area contributed by atoms with E-state index in [1.807, 2.05) is 0 Å². The number of hydrogen-bond acceptors (Lipinski definition) is 5. The zero-order chi connectivity index (χ0) is 15.2. The molecule has 2 aromatic rings. The van der Waals surface area contributed by atoms with Crippen molar-refractivity contribution in [1.82, 2.24) is 14.4 Å². The van der Waals surface area contributed by atoms with Crippen LogP contribution in [0.3, 0.4) is 0 Å². The predicted molar refractivity (Wildman–Crippen MR) is 73.6 cm³/mol. The molecular formula is C13H14FN3O3S. The van der Waals surface area contributed by atoms with Crippen LogP contribution in [0.5, 0.6) is 0 Å². The third kappa shape index (κ3) is 2.68. The lowest BCUT2D eigenvalue weighted by Gasteiger charge is -2.34. The minimum atomic E-state index is -3.17. The van der Waals surface area contributed by atoms with Crippen molar-refractivity contribution in [2.45, 2.75) is 12.8 Å². The van der Waals surface area contributed by atoms with Crippen molar-refractivity contribution in [2.24, 2.45) is 0 Å². The summed E-state index contributed by atoms with van der Waals surface area (Å²) in [5.41, 5.74) is 1.08. The van der Waals surface area contributed by atoms with Crippen LogP contribution < -0.4 is 0 Å². The van der Waals surface area contributed by atoms with Gasteiger partial charge in [0.2, 0.25) is 21.7 Å². The van der Waals surface area contributed by atoms with Crippen LogP contribution in [0.25, 0.3) is 11.4 Å². The normalized spacial score (nSPS) is 16.9. The van der Waals surface area contributed by atoms with E-state index in [2.05, 4.69) is 10.1 Å². The van der Waals surface area contributed by atoms with Crippen LogP contribution in [-0.4, -0.2) is 42.2 Å². The smallest absolute Gasteiger partial charge is 0.232 e. The van der Waals surface area contributed by atoms with Crippen LogP contribution in [0.1, 0.15) is 17.4 Å². The number of aromatic nitrogens is 2. The van der Waals surface area contributed by atoms with Gasteiger partial charge in [-0.05, 0) is 18.6 Å². The quantitative estimate of drug-likeness (QED) is 0.859. The van der Waals surface area contributed by atoms with Crippen molar-refractivity contribution in [1.29, 1.82) is 0 Å². The number of benzene rings is 1. The van der Waals surface area contributed by atoms with E-state index in [9.17, 15) is 12.8 Å². The Morgan fingerprint density at radius 2 is 2.10 bits per heavy atom. The van der Waals surface area contributed by atoms with Gasteiger partial charge in [-0.25, -0.2) is 17.1 Å². The van der Waals surface area contributed by atoms with Crippen LogP contribution in [0.15, 0.2) is 22.7 Å². The van der Waals surface area contributed by atoms with Crippen LogP contribution in [0, 0.1) is 12.7 Å². The molecule has 6 nitrogen and oxygen atoms in total. The van der Waals surface area contributed by atoms with Gasteiger partial charge in [0.1, 0.15) is 5.82 Å². The van der Waals surface area contributed by atoms with Crippen molar-refractivity contribution < 1.29 is 17.3 Å². The maximum atomic E-state index is 13.5. The molecule has 2 heterocycles. The Balaban J connectivity index is 1.77. The molecule has 0 bridgehead atoms. The van der Waals surface area contributed by atoms with Crippen molar-refractivity contribution in [3.63, 3.8) is 0 Å². The van der Waals surface area contributed by atoms with Crippen molar-refractivity contribution >= 4 is 10.0 Å². The molecule has 3 rings (SSSR count). The summed E-state index contributed by atoms with van der Waals surface area (Å²) in [5.74, 6) is 0.259.